The lowest BCUT2D eigenvalue weighted by Crippen LogP contribution is -2.41. The van der Waals surface area contributed by atoms with Crippen LogP contribution >= 0.6 is 0 Å². The summed E-state index contributed by atoms with van der Waals surface area (Å²) >= 11 is 0. The molecule has 8 aromatic carbocycles. The molecule has 0 amide bonds. The quantitative estimate of drug-likeness (QED) is 0.0562. The summed E-state index contributed by atoms with van der Waals surface area (Å²) in [5.41, 5.74) is 11.7. The van der Waals surface area contributed by atoms with E-state index in [1.165, 1.54) is 24.5 Å². The summed E-state index contributed by atoms with van der Waals surface area (Å²) < 4.78 is 29.7. The van der Waals surface area contributed by atoms with Crippen molar-refractivity contribution < 1.29 is 42.9 Å². The molecule has 0 aliphatic heterocycles. The Labute approximate surface area is 501 Å². The van der Waals surface area contributed by atoms with E-state index in [1.807, 2.05) is 63.2 Å². The zero-order chi connectivity index (χ0) is 60.6. The van der Waals surface area contributed by atoms with E-state index in [9.17, 15) is 19.2 Å². The van der Waals surface area contributed by atoms with Crippen LogP contribution in [0.2, 0.25) is 0 Å². The zero-order valence-corrected chi connectivity index (χ0v) is 51.2. The van der Waals surface area contributed by atoms with E-state index in [2.05, 4.69) is 103 Å². The fourth-order valence-corrected chi connectivity index (χ4v) is 14.3. The predicted molar refractivity (Wildman–Crippen MR) is 336 cm³/mol. The number of esters is 3. The lowest BCUT2D eigenvalue weighted by atomic mass is 9.55. The van der Waals surface area contributed by atoms with Gasteiger partial charge in [0.25, 0.3) is 0 Å². The van der Waals surface area contributed by atoms with E-state index < -0.39 is 17.9 Å². The molecule has 2 saturated carbocycles. The molecule has 9 heteroatoms. The topological polar surface area (TPSA) is 114 Å². The van der Waals surface area contributed by atoms with Crippen molar-refractivity contribution in [2.24, 2.45) is 22.7 Å². The SMILES string of the molecule is COc1ccc(C2(c3ccc(OC(=O)c4ccc(-c5ccc(C(=O)Oc6ccc(C7(c8ccc(OC(=O)c9ccc(Oc%10ccc(C(C)=O)cc%10)cc9)c(C)c8)CC(C)CC(C)(C)C7)cc6C)cc5)cc4)c(C)c3)CC(C)CC(C)(C)C2)cc1C. The van der Waals surface area contributed by atoms with Gasteiger partial charge in [0.2, 0.25) is 0 Å². The molecule has 0 heterocycles. The van der Waals surface area contributed by atoms with Gasteiger partial charge in [0.1, 0.15) is 34.5 Å². The number of ether oxygens (including phenoxy) is 5. The standard InChI is InChI=1S/C76H78O9/c1-47-41-73(8,9)45-75(43-47,60-25-33-66(81-12)49(3)37-60)61-26-34-67(50(4)38-61)83-70(78)57-17-13-55(14-18-57)56-15-19-58(20-16-56)71(79)84-68-35-27-62(39-51(68)5)76(44-48(2)42-74(10,11)46-76)63-28-36-69(52(6)40-63)85-72(80)59-23-31-65(32-24-59)82-64-29-21-54(22-30-64)53(7)77/h13-40,47-48H,41-46H2,1-12H3. The maximum Gasteiger partial charge on any atom is 0.343 e. The van der Waals surface area contributed by atoms with Crippen molar-refractivity contribution in [3.63, 3.8) is 0 Å². The minimum atomic E-state index is -0.477. The van der Waals surface area contributed by atoms with Crippen molar-refractivity contribution in [2.75, 3.05) is 7.11 Å². The van der Waals surface area contributed by atoms with Crippen LogP contribution in [0.1, 0.15) is 173 Å². The maximum atomic E-state index is 13.8. The average Bonchev–Trinajstić information content (AvgIpc) is 1.14. The highest BCUT2D eigenvalue weighted by Crippen LogP contribution is 2.56. The molecule has 2 fully saturated rings. The molecule has 10 rings (SSSR count). The highest BCUT2D eigenvalue weighted by Gasteiger charge is 2.47. The van der Waals surface area contributed by atoms with Crippen LogP contribution in [0.5, 0.6) is 34.5 Å². The number of aryl methyl sites for hydroxylation is 4. The van der Waals surface area contributed by atoms with Crippen molar-refractivity contribution >= 4 is 23.7 Å². The molecule has 4 unspecified atom stereocenters. The number of benzene rings is 8. The molecule has 9 nitrogen and oxygen atoms in total. The van der Waals surface area contributed by atoms with Crippen molar-refractivity contribution in [3.8, 4) is 45.6 Å². The molecule has 2 aliphatic rings. The number of ketones is 1. The summed E-state index contributed by atoms with van der Waals surface area (Å²) in [5.74, 6) is 3.08. The molecular weight excluding hydrogens is 1060 g/mol. The van der Waals surface area contributed by atoms with Crippen molar-refractivity contribution in [1.82, 2.24) is 0 Å². The third kappa shape index (κ3) is 12.9. The summed E-state index contributed by atoms with van der Waals surface area (Å²) in [6.07, 6.45) is 6.11. The molecule has 4 atom stereocenters. The Kier molecular flexibility index (Phi) is 16.7. The van der Waals surface area contributed by atoms with E-state index in [0.717, 1.165) is 82.4 Å². The fraction of sp³-hybridized carbons (Fsp3) is 0.316. The summed E-state index contributed by atoms with van der Waals surface area (Å²) in [5, 5.41) is 0. The molecule has 2 aliphatic carbocycles. The molecule has 0 bridgehead atoms. The van der Waals surface area contributed by atoms with Crippen LogP contribution in [0, 0.1) is 50.4 Å². The molecular formula is C76H78O9. The first-order valence-electron chi connectivity index (χ1n) is 29.7. The number of carbonyl (C=O) groups excluding carboxylic acids is 4. The molecule has 0 N–H and O–H groups in total. The van der Waals surface area contributed by atoms with Crippen LogP contribution in [0.3, 0.4) is 0 Å². The zero-order valence-electron chi connectivity index (χ0n) is 51.2. The van der Waals surface area contributed by atoms with Crippen LogP contribution in [0.25, 0.3) is 11.1 Å². The molecule has 0 radical (unpaired) electrons. The van der Waals surface area contributed by atoms with Gasteiger partial charge in [0.05, 0.1) is 23.8 Å². The Hall–Kier alpha value is -8.56. The lowest BCUT2D eigenvalue weighted by Gasteiger charge is -2.49. The van der Waals surface area contributed by atoms with Gasteiger partial charge in [0, 0.05) is 16.4 Å². The monoisotopic (exact) mass is 1130 g/mol. The minimum Gasteiger partial charge on any atom is -0.496 e. The first-order chi connectivity index (χ1) is 40.4. The van der Waals surface area contributed by atoms with Gasteiger partial charge in [-0.2, -0.15) is 0 Å². The Morgan fingerprint density at radius 2 is 0.682 bits per heavy atom. The summed E-state index contributed by atoms with van der Waals surface area (Å²) in [6, 6.07) is 53.5. The van der Waals surface area contributed by atoms with Gasteiger partial charge in [0.15, 0.2) is 5.78 Å². The largest absolute Gasteiger partial charge is 0.496 e. The maximum absolute atomic E-state index is 13.8. The number of rotatable bonds is 15. The van der Waals surface area contributed by atoms with Crippen LogP contribution in [-0.4, -0.2) is 30.8 Å². The number of methoxy groups -OCH3 is 1. The second-order valence-electron chi connectivity index (χ2n) is 26.0. The summed E-state index contributed by atoms with van der Waals surface area (Å²) in [7, 11) is 1.72. The lowest BCUT2D eigenvalue weighted by molar-refractivity contribution is 0.0723. The van der Waals surface area contributed by atoms with Crippen LogP contribution in [-0.2, 0) is 10.8 Å². The van der Waals surface area contributed by atoms with Gasteiger partial charge in [-0.3, -0.25) is 4.79 Å². The van der Waals surface area contributed by atoms with Gasteiger partial charge >= 0.3 is 17.9 Å². The van der Waals surface area contributed by atoms with Crippen molar-refractivity contribution in [1.29, 1.82) is 0 Å². The smallest absolute Gasteiger partial charge is 0.343 e. The van der Waals surface area contributed by atoms with Crippen molar-refractivity contribution in [2.45, 2.75) is 126 Å². The first kappa shape index (κ1) is 59.6. The minimum absolute atomic E-state index is 0.0179. The number of carbonyl (C=O) groups is 4. The Morgan fingerprint density at radius 1 is 0.388 bits per heavy atom. The highest BCUT2D eigenvalue weighted by atomic mass is 16.5. The van der Waals surface area contributed by atoms with Crippen LogP contribution in [0.15, 0.2) is 170 Å². The van der Waals surface area contributed by atoms with E-state index >= 15 is 0 Å². The summed E-state index contributed by atoms with van der Waals surface area (Å²) in [4.78, 5) is 52.6. The molecule has 436 valence electrons. The molecule has 0 aromatic heterocycles. The Bertz CT molecular complexity index is 3810. The van der Waals surface area contributed by atoms with E-state index in [4.69, 9.17) is 23.7 Å². The Morgan fingerprint density at radius 3 is 0.965 bits per heavy atom. The van der Waals surface area contributed by atoms with Gasteiger partial charge in [-0.1, -0.05) is 114 Å². The van der Waals surface area contributed by atoms with Gasteiger partial charge in [-0.05, 0) is 249 Å². The third-order valence-electron chi connectivity index (χ3n) is 17.7. The summed E-state index contributed by atoms with van der Waals surface area (Å²) in [6.45, 7) is 23.7. The molecule has 85 heavy (non-hydrogen) atoms. The van der Waals surface area contributed by atoms with E-state index in [-0.39, 0.29) is 27.4 Å². The third-order valence-corrected chi connectivity index (χ3v) is 17.7. The number of Topliss-reactive ketones (excluding diaryl/α,β-unsaturated/α-hetero) is 1. The number of hydrogen-bond donors (Lipinski definition) is 0. The van der Waals surface area contributed by atoms with Gasteiger partial charge in [-0.15, -0.1) is 0 Å². The van der Waals surface area contributed by atoms with Crippen LogP contribution < -0.4 is 23.7 Å². The molecule has 0 saturated heterocycles. The highest BCUT2D eigenvalue weighted by molar-refractivity contribution is 5.95. The Balaban J connectivity index is 0.790. The number of hydrogen-bond acceptors (Lipinski definition) is 9. The van der Waals surface area contributed by atoms with E-state index in [0.29, 0.717) is 62.8 Å². The second-order valence-corrected chi connectivity index (χ2v) is 26.0. The van der Waals surface area contributed by atoms with Gasteiger partial charge < -0.3 is 23.7 Å². The van der Waals surface area contributed by atoms with Gasteiger partial charge in [-0.25, -0.2) is 14.4 Å². The second kappa shape index (κ2) is 23.8. The fourth-order valence-electron chi connectivity index (χ4n) is 14.3. The van der Waals surface area contributed by atoms with E-state index in [1.54, 1.807) is 79.9 Å². The molecule has 0 spiro atoms. The molecule has 8 aromatic rings. The average molecular weight is 1140 g/mol. The normalized spacial score (nSPS) is 19.7. The van der Waals surface area contributed by atoms with Crippen LogP contribution in [0.4, 0.5) is 0 Å². The predicted octanol–water partition coefficient (Wildman–Crippen LogP) is 18.5. The first-order valence-corrected chi connectivity index (χ1v) is 29.7. The van der Waals surface area contributed by atoms with Crippen molar-refractivity contribution in [3.05, 3.63) is 237 Å².